The number of likely N-dealkylation sites (tertiary alicyclic amines) is 1. The number of aliphatic hydroxyl groups excluding tert-OH is 1. The van der Waals surface area contributed by atoms with Crippen molar-refractivity contribution in [2.24, 2.45) is 11.8 Å². The third-order valence-electron chi connectivity index (χ3n) is 5.34. The van der Waals surface area contributed by atoms with Gasteiger partial charge in [-0.3, -0.25) is 4.90 Å². The van der Waals surface area contributed by atoms with Gasteiger partial charge < -0.3 is 19.3 Å². The molecule has 3 aliphatic rings. The van der Waals surface area contributed by atoms with Gasteiger partial charge in [-0.25, -0.2) is 0 Å². The van der Waals surface area contributed by atoms with E-state index in [1.165, 1.54) is 0 Å². The first-order chi connectivity index (χ1) is 11.7. The summed E-state index contributed by atoms with van der Waals surface area (Å²) in [7, 11) is 0. The molecular formula is C18H24ClNO4. The molecule has 6 heteroatoms. The minimum atomic E-state index is -0.427. The highest BCUT2D eigenvalue weighted by molar-refractivity contribution is 6.30. The van der Waals surface area contributed by atoms with Gasteiger partial charge in [0.2, 0.25) is 0 Å². The lowest BCUT2D eigenvalue weighted by molar-refractivity contribution is -0.0593. The number of hydrogen-bond donors (Lipinski definition) is 1. The minimum absolute atomic E-state index is 0.0893. The Kier molecular flexibility index (Phi) is 4.97. The number of aliphatic hydroxyl groups is 1. The fraction of sp³-hybridized carbons (Fsp3) is 0.667. The van der Waals surface area contributed by atoms with Gasteiger partial charge in [0.25, 0.3) is 0 Å². The lowest BCUT2D eigenvalue weighted by atomic mass is 9.78. The Labute approximate surface area is 147 Å². The monoisotopic (exact) mass is 353 g/mol. The molecule has 2 heterocycles. The van der Waals surface area contributed by atoms with E-state index in [4.69, 9.17) is 25.8 Å². The number of hydrogen-bond acceptors (Lipinski definition) is 5. The molecule has 1 aromatic carbocycles. The number of benzene rings is 1. The molecule has 1 saturated carbocycles. The Hall–Kier alpha value is -0.850. The van der Waals surface area contributed by atoms with Crippen LogP contribution in [0.1, 0.15) is 12.8 Å². The van der Waals surface area contributed by atoms with Crippen molar-refractivity contribution in [3.8, 4) is 5.75 Å². The first-order valence-corrected chi connectivity index (χ1v) is 9.11. The van der Waals surface area contributed by atoms with E-state index in [0.717, 1.165) is 38.2 Å². The normalized spacial score (nSPS) is 34.4. The summed E-state index contributed by atoms with van der Waals surface area (Å²) in [5, 5.41) is 11.1. The first-order valence-electron chi connectivity index (χ1n) is 8.73. The van der Waals surface area contributed by atoms with Crippen molar-refractivity contribution in [2.75, 3.05) is 32.8 Å². The fourth-order valence-electron chi connectivity index (χ4n) is 4.20. The van der Waals surface area contributed by atoms with Crippen molar-refractivity contribution < 1.29 is 19.3 Å². The van der Waals surface area contributed by atoms with Crippen LogP contribution in [0.3, 0.4) is 0 Å². The highest BCUT2D eigenvalue weighted by atomic mass is 35.5. The Bertz CT molecular complexity index is 566. The second kappa shape index (κ2) is 7.18. The van der Waals surface area contributed by atoms with Gasteiger partial charge in [0, 0.05) is 24.7 Å². The van der Waals surface area contributed by atoms with E-state index in [2.05, 4.69) is 4.90 Å². The van der Waals surface area contributed by atoms with E-state index in [9.17, 15) is 5.11 Å². The van der Waals surface area contributed by atoms with Crippen LogP contribution in [0, 0.1) is 11.8 Å². The van der Waals surface area contributed by atoms with Gasteiger partial charge in [-0.05, 0) is 42.9 Å². The largest absolute Gasteiger partial charge is 0.488 e. The van der Waals surface area contributed by atoms with Gasteiger partial charge in [0.05, 0.1) is 19.3 Å². The third-order valence-corrected chi connectivity index (χ3v) is 5.58. The molecule has 5 nitrogen and oxygen atoms in total. The Morgan fingerprint density at radius 2 is 1.92 bits per heavy atom. The second-order valence-corrected chi connectivity index (χ2v) is 7.50. The SMILES string of the molecule is O[C@@H]1C[C@H]2CN(CC3OCCO3)C[C@H]2C[C@H]1Oc1cccc(Cl)c1. The number of halogens is 1. The van der Waals surface area contributed by atoms with E-state index in [-0.39, 0.29) is 12.4 Å². The Morgan fingerprint density at radius 1 is 1.17 bits per heavy atom. The van der Waals surface area contributed by atoms with Crippen LogP contribution in [0.5, 0.6) is 5.75 Å². The van der Waals surface area contributed by atoms with E-state index in [1.807, 2.05) is 18.2 Å². The average molecular weight is 354 g/mol. The highest BCUT2D eigenvalue weighted by Gasteiger charge is 2.43. The molecular weight excluding hydrogens is 330 g/mol. The van der Waals surface area contributed by atoms with Crippen LogP contribution in [0.2, 0.25) is 5.02 Å². The average Bonchev–Trinajstić information content (AvgIpc) is 3.17. The summed E-state index contributed by atoms with van der Waals surface area (Å²) in [6.45, 7) is 4.24. The maximum Gasteiger partial charge on any atom is 0.170 e. The predicted octanol–water partition coefficient (Wildman–Crippen LogP) is 2.16. The lowest BCUT2D eigenvalue weighted by Crippen LogP contribution is -2.42. The van der Waals surface area contributed by atoms with Crippen molar-refractivity contribution in [3.05, 3.63) is 29.3 Å². The number of nitrogens with zero attached hydrogens (tertiary/aromatic N) is 1. The summed E-state index contributed by atoms with van der Waals surface area (Å²) < 4.78 is 17.1. The topological polar surface area (TPSA) is 51.2 Å². The summed E-state index contributed by atoms with van der Waals surface area (Å²) >= 11 is 6.02. The van der Waals surface area contributed by atoms with Crippen molar-refractivity contribution in [3.63, 3.8) is 0 Å². The van der Waals surface area contributed by atoms with Gasteiger partial charge >= 0.3 is 0 Å². The maximum atomic E-state index is 10.5. The molecule has 2 saturated heterocycles. The zero-order valence-electron chi connectivity index (χ0n) is 13.6. The van der Waals surface area contributed by atoms with E-state index < -0.39 is 6.10 Å². The molecule has 132 valence electrons. The van der Waals surface area contributed by atoms with Crippen LogP contribution in [-0.4, -0.2) is 61.4 Å². The number of fused-ring (bicyclic) bond motifs is 1. The van der Waals surface area contributed by atoms with E-state index in [0.29, 0.717) is 30.1 Å². The molecule has 0 radical (unpaired) electrons. The van der Waals surface area contributed by atoms with Crippen LogP contribution in [0.15, 0.2) is 24.3 Å². The Morgan fingerprint density at radius 3 is 2.67 bits per heavy atom. The van der Waals surface area contributed by atoms with Crippen LogP contribution < -0.4 is 4.74 Å². The molecule has 0 amide bonds. The lowest BCUT2D eigenvalue weighted by Gasteiger charge is -2.35. The zero-order chi connectivity index (χ0) is 16.5. The maximum absolute atomic E-state index is 10.5. The summed E-state index contributed by atoms with van der Waals surface area (Å²) in [5.41, 5.74) is 0. The molecule has 1 aliphatic carbocycles. The minimum Gasteiger partial charge on any atom is -0.488 e. The molecule has 0 spiro atoms. The Balaban J connectivity index is 1.35. The summed E-state index contributed by atoms with van der Waals surface area (Å²) in [6, 6.07) is 7.38. The molecule has 0 unspecified atom stereocenters. The van der Waals surface area contributed by atoms with Crippen molar-refractivity contribution in [1.82, 2.24) is 4.90 Å². The van der Waals surface area contributed by atoms with Crippen LogP contribution in [-0.2, 0) is 9.47 Å². The van der Waals surface area contributed by atoms with Crippen LogP contribution >= 0.6 is 11.6 Å². The highest BCUT2D eigenvalue weighted by Crippen LogP contribution is 2.38. The van der Waals surface area contributed by atoms with E-state index in [1.54, 1.807) is 6.07 Å². The van der Waals surface area contributed by atoms with Crippen molar-refractivity contribution in [1.29, 1.82) is 0 Å². The molecule has 4 atom stereocenters. The molecule has 0 aromatic heterocycles. The number of ether oxygens (including phenoxy) is 3. The van der Waals surface area contributed by atoms with Gasteiger partial charge in [0.1, 0.15) is 11.9 Å². The second-order valence-electron chi connectivity index (χ2n) is 7.06. The molecule has 3 fully saturated rings. The van der Waals surface area contributed by atoms with Gasteiger partial charge in [-0.15, -0.1) is 0 Å². The van der Waals surface area contributed by atoms with Crippen LogP contribution in [0.25, 0.3) is 0 Å². The number of rotatable bonds is 4. The van der Waals surface area contributed by atoms with Gasteiger partial charge in [-0.1, -0.05) is 17.7 Å². The van der Waals surface area contributed by atoms with Crippen molar-refractivity contribution >= 4 is 11.6 Å². The summed E-state index contributed by atoms with van der Waals surface area (Å²) in [6.07, 6.45) is 0.987. The molecule has 24 heavy (non-hydrogen) atoms. The zero-order valence-corrected chi connectivity index (χ0v) is 14.4. The van der Waals surface area contributed by atoms with Crippen molar-refractivity contribution in [2.45, 2.75) is 31.3 Å². The first kappa shape index (κ1) is 16.6. The summed E-state index contributed by atoms with van der Waals surface area (Å²) in [4.78, 5) is 2.40. The van der Waals surface area contributed by atoms with Crippen LogP contribution in [0.4, 0.5) is 0 Å². The molecule has 4 rings (SSSR count). The molecule has 2 aliphatic heterocycles. The smallest absolute Gasteiger partial charge is 0.170 e. The third kappa shape index (κ3) is 3.70. The predicted molar refractivity (Wildman–Crippen MR) is 90.2 cm³/mol. The quantitative estimate of drug-likeness (QED) is 0.899. The van der Waals surface area contributed by atoms with E-state index >= 15 is 0 Å². The molecule has 1 N–H and O–H groups in total. The fourth-order valence-corrected chi connectivity index (χ4v) is 4.38. The standard InChI is InChI=1S/C18H24ClNO4/c19-14-2-1-3-15(8-14)24-17-7-13-10-20(9-12(13)6-16(17)21)11-18-22-4-5-23-18/h1-3,8,12-13,16-18,21H,4-7,9-11H2/t12-,13+,16+,17+/m0/s1. The summed E-state index contributed by atoms with van der Waals surface area (Å²) in [5.74, 6) is 1.81. The molecule has 1 aromatic rings. The van der Waals surface area contributed by atoms with Gasteiger partial charge in [-0.2, -0.15) is 0 Å². The van der Waals surface area contributed by atoms with Gasteiger partial charge in [0.15, 0.2) is 6.29 Å². The molecule has 0 bridgehead atoms.